The minimum absolute atomic E-state index is 0.00177. The number of urea groups is 1. The number of rotatable bonds is 6. The van der Waals surface area contributed by atoms with E-state index in [0.717, 1.165) is 56.1 Å². The molecule has 31 heavy (non-hydrogen) atoms. The zero-order chi connectivity index (χ0) is 22.0. The number of hydrogen-bond acceptors (Lipinski definition) is 7. The van der Waals surface area contributed by atoms with E-state index in [0.29, 0.717) is 43.8 Å². The number of carbonyl (C=O) groups is 3. The summed E-state index contributed by atoms with van der Waals surface area (Å²) in [5.74, 6) is 0.160. The average Bonchev–Trinajstić information content (AvgIpc) is 3.35. The smallest absolute Gasteiger partial charge is 0.325 e. The van der Waals surface area contributed by atoms with Crippen LogP contribution in [0.3, 0.4) is 0 Å². The molecule has 4 heterocycles. The van der Waals surface area contributed by atoms with Crippen molar-refractivity contribution in [3.63, 3.8) is 0 Å². The van der Waals surface area contributed by atoms with Crippen molar-refractivity contribution in [2.45, 2.75) is 57.9 Å². The molecule has 0 atom stereocenters. The summed E-state index contributed by atoms with van der Waals surface area (Å²) < 4.78 is 3.92. The number of aryl methyl sites for hydroxylation is 1. The Morgan fingerprint density at radius 1 is 1.16 bits per heavy atom. The molecule has 0 bridgehead atoms. The van der Waals surface area contributed by atoms with Crippen LogP contribution in [0.25, 0.3) is 0 Å². The number of hydrogen-bond donors (Lipinski definition) is 1. The van der Waals surface area contributed by atoms with E-state index in [-0.39, 0.29) is 23.8 Å². The molecule has 3 aliphatic rings. The van der Waals surface area contributed by atoms with Gasteiger partial charge in [0.25, 0.3) is 11.8 Å². The quantitative estimate of drug-likeness (QED) is 0.666. The third kappa shape index (κ3) is 4.32. The van der Waals surface area contributed by atoms with Crippen molar-refractivity contribution in [1.29, 1.82) is 0 Å². The van der Waals surface area contributed by atoms with E-state index in [4.69, 9.17) is 0 Å². The second kappa shape index (κ2) is 9.20. The first-order chi connectivity index (χ1) is 15.0. The number of imide groups is 1. The largest absolute Gasteiger partial charge is 0.338 e. The van der Waals surface area contributed by atoms with Crippen LogP contribution < -0.4 is 5.32 Å². The van der Waals surface area contributed by atoms with Crippen LogP contribution in [-0.4, -0.2) is 86.9 Å². The highest BCUT2D eigenvalue weighted by Gasteiger charge is 2.52. The molecule has 3 fully saturated rings. The number of likely N-dealkylation sites (tertiary alicyclic amines) is 2. The summed E-state index contributed by atoms with van der Waals surface area (Å²) in [6.45, 7) is 8.56. The number of carbonyl (C=O) groups excluding carboxylic acids is 3. The fourth-order valence-corrected chi connectivity index (χ4v) is 5.70. The van der Waals surface area contributed by atoms with Crippen LogP contribution in [0.4, 0.5) is 4.79 Å². The number of aromatic nitrogens is 2. The predicted molar refractivity (Wildman–Crippen MR) is 117 cm³/mol. The van der Waals surface area contributed by atoms with Gasteiger partial charge in [0.05, 0.1) is 5.69 Å². The molecule has 0 aromatic carbocycles. The third-order valence-electron chi connectivity index (χ3n) is 6.92. The van der Waals surface area contributed by atoms with Crippen molar-refractivity contribution in [2.24, 2.45) is 5.92 Å². The van der Waals surface area contributed by atoms with Crippen LogP contribution in [0.15, 0.2) is 0 Å². The van der Waals surface area contributed by atoms with Gasteiger partial charge in [-0.1, -0.05) is 18.3 Å². The summed E-state index contributed by atoms with van der Waals surface area (Å²) in [7, 11) is 0. The van der Waals surface area contributed by atoms with Gasteiger partial charge in [0, 0.05) is 32.7 Å². The highest BCUT2D eigenvalue weighted by molar-refractivity contribution is 7.08. The molecule has 1 aromatic rings. The van der Waals surface area contributed by atoms with Crippen molar-refractivity contribution in [3.8, 4) is 0 Å². The van der Waals surface area contributed by atoms with E-state index in [2.05, 4.69) is 26.7 Å². The van der Waals surface area contributed by atoms with E-state index in [1.807, 2.05) is 11.8 Å². The van der Waals surface area contributed by atoms with Gasteiger partial charge in [0.2, 0.25) is 0 Å². The lowest BCUT2D eigenvalue weighted by Gasteiger charge is -2.37. The van der Waals surface area contributed by atoms with E-state index < -0.39 is 5.54 Å². The third-order valence-corrected chi connectivity index (χ3v) is 7.68. The van der Waals surface area contributed by atoms with E-state index in [1.165, 1.54) is 4.90 Å². The summed E-state index contributed by atoms with van der Waals surface area (Å²) in [6, 6.07) is -0.254. The molecule has 1 N–H and O–H groups in total. The SMILES string of the molecule is CCCN1CCC2(CC1)NC(=O)N(CC1CCN(C(=O)c3snnc3CC)CC1)C2=O. The standard InChI is InChI=1S/C21H32N6O3S/c1-3-9-25-12-7-21(8-13-25)19(29)27(20(30)22-21)14-15-5-10-26(11-6-15)18(28)17-16(4-2)23-24-31-17/h15H,3-14H2,1-2H3,(H,22,30). The minimum Gasteiger partial charge on any atom is -0.338 e. The second-order valence-electron chi connectivity index (χ2n) is 8.91. The summed E-state index contributed by atoms with van der Waals surface area (Å²) >= 11 is 1.16. The van der Waals surface area contributed by atoms with Crippen LogP contribution in [0.1, 0.15) is 61.3 Å². The maximum atomic E-state index is 13.2. The maximum Gasteiger partial charge on any atom is 0.325 e. The molecular formula is C21H32N6O3S. The van der Waals surface area contributed by atoms with Gasteiger partial charge < -0.3 is 15.1 Å². The highest BCUT2D eigenvalue weighted by atomic mass is 32.1. The number of nitrogens with zero attached hydrogens (tertiary/aromatic N) is 5. The summed E-state index contributed by atoms with van der Waals surface area (Å²) in [5.41, 5.74) is 0.0417. The maximum absolute atomic E-state index is 13.2. The molecule has 10 heteroatoms. The molecule has 0 aliphatic carbocycles. The highest BCUT2D eigenvalue weighted by Crippen LogP contribution is 2.31. The molecular weight excluding hydrogens is 416 g/mol. The summed E-state index contributed by atoms with van der Waals surface area (Å²) in [5, 5.41) is 7.05. The molecule has 0 unspecified atom stereocenters. The van der Waals surface area contributed by atoms with Gasteiger partial charge in [-0.05, 0) is 62.5 Å². The van der Waals surface area contributed by atoms with Gasteiger partial charge in [0.1, 0.15) is 10.4 Å². The van der Waals surface area contributed by atoms with Crippen LogP contribution in [0, 0.1) is 5.92 Å². The topological polar surface area (TPSA) is 98.7 Å². The molecule has 9 nitrogen and oxygen atoms in total. The molecule has 0 radical (unpaired) electrons. The number of piperidine rings is 2. The van der Waals surface area contributed by atoms with Gasteiger partial charge in [-0.25, -0.2) is 4.79 Å². The van der Waals surface area contributed by atoms with Gasteiger partial charge in [0.15, 0.2) is 0 Å². The molecule has 0 saturated carbocycles. The van der Waals surface area contributed by atoms with Crippen LogP contribution >= 0.6 is 11.5 Å². The van der Waals surface area contributed by atoms with Gasteiger partial charge >= 0.3 is 6.03 Å². The van der Waals surface area contributed by atoms with Crippen LogP contribution in [0.5, 0.6) is 0 Å². The number of nitrogens with one attached hydrogen (secondary N) is 1. The first-order valence-electron chi connectivity index (χ1n) is 11.4. The lowest BCUT2D eigenvalue weighted by Crippen LogP contribution is -2.55. The monoisotopic (exact) mass is 448 g/mol. The lowest BCUT2D eigenvalue weighted by molar-refractivity contribution is -0.133. The fraction of sp³-hybridized carbons (Fsp3) is 0.762. The average molecular weight is 449 g/mol. The Morgan fingerprint density at radius 3 is 2.52 bits per heavy atom. The Bertz CT molecular complexity index is 827. The molecule has 3 aliphatic heterocycles. The summed E-state index contributed by atoms with van der Waals surface area (Å²) in [4.78, 5) is 44.9. The Kier molecular flexibility index (Phi) is 6.57. The van der Waals surface area contributed by atoms with Crippen molar-refractivity contribution in [3.05, 3.63) is 10.6 Å². The Morgan fingerprint density at radius 2 is 1.87 bits per heavy atom. The van der Waals surface area contributed by atoms with Gasteiger partial charge in [-0.2, -0.15) is 0 Å². The van der Waals surface area contributed by atoms with Crippen molar-refractivity contribution >= 4 is 29.4 Å². The van der Waals surface area contributed by atoms with Crippen molar-refractivity contribution < 1.29 is 14.4 Å². The molecule has 3 saturated heterocycles. The van der Waals surface area contributed by atoms with Crippen LogP contribution in [-0.2, 0) is 11.2 Å². The molecule has 4 amide bonds. The van der Waals surface area contributed by atoms with E-state index in [1.54, 1.807) is 0 Å². The molecule has 1 spiro atoms. The first kappa shape index (κ1) is 22.1. The van der Waals surface area contributed by atoms with Crippen LogP contribution in [0.2, 0.25) is 0 Å². The number of amides is 4. The Balaban J connectivity index is 1.31. The van der Waals surface area contributed by atoms with Gasteiger partial charge in [-0.3, -0.25) is 14.5 Å². The Labute approximate surface area is 187 Å². The van der Waals surface area contributed by atoms with E-state index >= 15 is 0 Å². The second-order valence-corrected chi connectivity index (χ2v) is 9.66. The zero-order valence-electron chi connectivity index (χ0n) is 18.4. The molecule has 1 aromatic heterocycles. The first-order valence-corrected chi connectivity index (χ1v) is 12.2. The summed E-state index contributed by atoms with van der Waals surface area (Å²) in [6.07, 6.45) is 4.73. The molecule has 170 valence electrons. The predicted octanol–water partition coefficient (Wildman–Crippen LogP) is 1.75. The van der Waals surface area contributed by atoms with Crippen molar-refractivity contribution in [2.75, 3.05) is 39.3 Å². The molecule has 4 rings (SSSR count). The normalized spacial score (nSPS) is 22.4. The fourth-order valence-electron chi connectivity index (χ4n) is 4.98. The van der Waals surface area contributed by atoms with Crippen molar-refractivity contribution in [1.82, 2.24) is 29.6 Å². The van der Waals surface area contributed by atoms with Gasteiger partial charge in [-0.15, -0.1) is 5.10 Å². The lowest BCUT2D eigenvalue weighted by atomic mass is 9.87. The minimum atomic E-state index is -0.715. The zero-order valence-corrected chi connectivity index (χ0v) is 19.2. The Hall–Kier alpha value is -2.07. The van der Waals surface area contributed by atoms with E-state index in [9.17, 15) is 14.4 Å².